The largest absolute Gasteiger partial charge is 0.427 e. The van der Waals surface area contributed by atoms with E-state index < -0.39 is 11.2 Å². The first-order chi connectivity index (χ1) is 11.6. The molecular weight excluding hydrogens is 356 g/mol. The van der Waals surface area contributed by atoms with Gasteiger partial charge in [0.05, 0.1) is 21.9 Å². The van der Waals surface area contributed by atoms with E-state index in [0.717, 1.165) is 16.6 Å². The van der Waals surface area contributed by atoms with Gasteiger partial charge in [-0.05, 0) is 39.2 Å². The van der Waals surface area contributed by atoms with E-state index in [9.17, 15) is 0 Å². The molecule has 2 aromatic rings. The van der Waals surface area contributed by atoms with Gasteiger partial charge in [-0.15, -0.1) is 0 Å². The van der Waals surface area contributed by atoms with Gasteiger partial charge in [0.25, 0.3) is 0 Å². The summed E-state index contributed by atoms with van der Waals surface area (Å²) in [6.45, 7) is 7.90. The fraction of sp³-hybridized carbons (Fsp3) is 0.368. The van der Waals surface area contributed by atoms with Crippen molar-refractivity contribution in [3.8, 4) is 11.1 Å². The van der Waals surface area contributed by atoms with Crippen molar-refractivity contribution in [2.45, 2.75) is 38.9 Å². The SMILES string of the molecule is COC(C)(C)C(C)(C)O[B]c1cccc(-c2cccc(N)c2Cl)c1Cl. The molecule has 0 fully saturated rings. The highest BCUT2D eigenvalue weighted by molar-refractivity contribution is 6.54. The maximum atomic E-state index is 6.60. The van der Waals surface area contributed by atoms with Crippen LogP contribution in [0.25, 0.3) is 11.1 Å². The summed E-state index contributed by atoms with van der Waals surface area (Å²) in [6.07, 6.45) is 0. The van der Waals surface area contributed by atoms with Crippen molar-refractivity contribution in [2.75, 3.05) is 12.8 Å². The van der Waals surface area contributed by atoms with Crippen LogP contribution in [0.1, 0.15) is 27.7 Å². The summed E-state index contributed by atoms with van der Waals surface area (Å²) in [6, 6.07) is 11.2. The second-order valence-electron chi connectivity index (χ2n) is 6.88. The summed E-state index contributed by atoms with van der Waals surface area (Å²) in [7, 11) is 3.33. The first-order valence-corrected chi connectivity index (χ1v) is 8.75. The van der Waals surface area contributed by atoms with Crippen LogP contribution in [0.5, 0.6) is 0 Å². The molecule has 0 saturated carbocycles. The van der Waals surface area contributed by atoms with Gasteiger partial charge in [0.15, 0.2) is 0 Å². The van der Waals surface area contributed by atoms with Gasteiger partial charge in [-0.1, -0.05) is 53.5 Å². The third kappa shape index (κ3) is 4.14. The highest BCUT2D eigenvalue weighted by Crippen LogP contribution is 2.35. The minimum absolute atomic E-state index is 0.467. The minimum Gasteiger partial charge on any atom is -0.427 e. The first-order valence-electron chi connectivity index (χ1n) is 8.00. The van der Waals surface area contributed by atoms with Gasteiger partial charge in [-0.3, -0.25) is 0 Å². The maximum Gasteiger partial charge on any atom is 0.332 e. The lowest BCUT2D eigenvalue weighted by molar-refractivity contribution is -0.114. The van der Waals surface area contributed by atoms with Crippen molar-refractivity contribution in [1.82, 2.24) is 0 Å². The average molecular weight is 379 g/mol. The molecule has 133 valence electrons. The Kier molecular flexibility index (Phi) is 6.11. The number of halogens is 2. The van der Waals surface area contributed by atoms with E-state index in [1.165, 1.54) is 0 Å². The number of hydrogen-bond acceptors (Lipinski definition) is 3. The second-order valence-corrected chi connectivity index (χ2v) is 7.63. The third-order valence-corrected chi connectivity index (χ3v) is 5.63. The lowest BCUT2D eigenvalue weighted by Gasteiger charge is -2.40. The summed E-state index contributed by atoms with van der Waals surface area (Å²) in [5, 5.41) is 1.05. The molecule has 0 unspecified atom stereocenters. The zero-order valence-corrected chi connectivity index (χ0v) is 16.7. The van der Waals surface area contributed by atoms with Gasteiger partial charge < -0.3 is 15.1 Å². The molecule has 0 heterocycles. The van der Waals surface area contributed by atoms with E-state index in [2.05, 4.69) is 0 Å². The number of nitrogen functional groups attached to an aromatic ring is 1. The molecule has 0 aliphatic rings. The number of nitrogens with two attached hydrogens (primary N) is 1. The highest BCUT2D eigenvalue weighted by atomic mass is 35.5. The molecule has 0 aromatic heterocycles. The van der Waals surface area contributed by atoms with Gasteiger partial charge in [0.2, 0.25) is 0 Å². The Balaban J connectivity index is 2.32. The standard InChI is InChI=1S/C19H23BCl2NO2/c1-18(2,24-5)19(3,4)25-20-14-10-6-8-12(16(14)21)13-9-7-11-15(23)17(13)22/h6-11H,23H2,1-5H3. The average Bonchev–Trinajstić information content (AvgIpc) is 2.56. The Hall–Kier alpha value is -1.20. The minimum atomic E-state index is -0.546. The second kappa shape index (κ2) is 7.59. The predicted molar refractivity (Wildman–Crippen MR) is 108 cm³/mol. The van der Waals surface area contributed by atoms with E-state index in [1.807, 2.05) is 58.0 Å². The van der Waals surface area contributed by atoms with E-state index in [-0.39, 0.29) is 0 Å². The summed E-state index contributed by atoms with van der Waals surface area (Å²) in [4.78, 5) is 0. The normalized spacial score (nSPS) is 12.3. The van der Waals surface area contributed by atoms with Crippen LogP contribution in [0.15, 0.2) is 36.4 Å². The zero-order chi connectivity index (χ0) is 18.8. The van der Waals surface area contributed by atoms with Crippen LogP contribution in [0, 0.1) is 0 Å². The summed E-state index contributed by atoms with van der Waals surface area (Å²) >= 11 is 12.9. The molecule has 0 spiro atoms. The Morgan fingerprint density at radius 1 is 0.880 bits per heavy atom. The summed E-state index contributed by atoms with van der Waals surface area (Å²) in [5.41, 5.74) is 7.77. The maximum absolute atomic E-state index is 6.60. The number of rotatable bonds is 6. The molecule has 2 rings (SSSR count). The van der Waals surface area contributed by atoms with Gasteiger partial charge >= 0.3 is 7.48 Å². The van der Waals surface area contributed by atoms with Crippen molar-refractivity contribution in [2.24, 2.45) is 0 Å². The van der Waals surface area contributed by atoms with Crippen LogP contribution in [0.4, 0.5) is 5.69 Å². The highest BCUT2D eigenvalue weighted by Gasteiger charge is 2.38. The lowest BCUT2D eigenvalue weighted by atomic mass is 9.81. The molecule has 0 aliphatic heterocycles. The molecule has 2 N–H and O–H groups in total. The van der Waals surface area contributed by atoms with Crippen LogP contribution in [-0.2, 0) is 9.39 Å². The number of methoxy groups -OCH3 is 1. The molecule has 0 bridgehead atoms. The number of ether oxygens (including phenoxy) is 1. The van der Waals surface area contributed by atoms with Crippen molar-refractivity contribution >= 4 is 41.8 Å². The Morgan fingerprint density at radius 2 is 1.44 bits per heavy atom. The fourth-order valence-corrected chi connectivity index (χ4v) is 2.71. The van der Waals surface area contributed by atoms with Crippen molar-refractivity contribution in [1.29, 1.82) is 0 Å². The van der Waals surface area contributed by atoms with Crippen LogP contribution >= 0.6 is 23.2 Å². The monoisotopic (exact) mass is 378 g/mol. The number of hydrogen-bond donors (Lipinski definition) is 1. The van der Waals surface area contributed by atoms with E-state index >= 15 is 0 Å². The van der Waals surface area contributed by atoms with Gasteiger partial charge in [0.1, 0.15) is 0 Å². The molecule has 6 heteroatoms. The smallest absolute Gasteiger partial charge is 0.332 e. The molecule has 1 radical (unpaired) electrons. The topological polar surface area (TPSA) is 44.5 Å². The van der Waals surface area contributed by atoms with Crippen molar-refractivity contribution < 1.29 is 9.39 Å². The van der Waals surface area contributed by atoms with Crippen LogP contribution in [-0.4, -0.2) is 25.8 Å². The molecule has 0 atom stereocenters. The van der Waals surface area contributed by atoms with Crippen molar-refractivity contribution in [3.05, 3.63) is 46.4 Å². The molecule has 0 aliphatic carbocycles. The summed E-state index contributed by atoms with van der Waals surface area (Å²) < 4.78 is 11.5. The Bertz CT molecular complexity index is 763. The zero-order valence-electron chi connectivity index (χ0n) is 15.2. The van der Waals surface area contributed by atoms with Gasteiger partial charge in [0, 0.05) is 23.3 Å². The van der Waals surface area contributed by atoms with E-state index in [4.69, 9.17) is 38.3 Å². The Morgan fingerprint density at radius 3 is 2.04 bits per heavy atom. The van der Waals surface area contributed by atoms with Gasteiger partial charge in [-0.25, -0.2) is 0 Å². The molecular formula is C19H23BCl2NO2. The summed E-state index contributed by atoms with van der Waals surface area (Å²) in [5.74, 6) is 0. The van der Waals surface area contributed by atoms with Crippen LogP contribution in [0.2, 0.25) is 10.0 Å². The predicted octanol–water partition coefficient (Wildman–Crippen LogP) is 4.71. The quantitative estimate of drug-likeness (QED) is 0.584. The molecule has 3 nitrogen and oxygen atoms in total. The van der Waals surface area contributed by atoms with E-state index in [0.29, 0.717) is 15.7 Å². The van der Waals surface area contributed by atoms with Crippen LogP contribution in [0.3, 0.4) is 0 Å². The Labute approximate surface area is 160 Å². The van der Waals surface area contributed by atoms with E-state index in [1.54, 1.807) is 20.7 Å². The molecule has 2 aromatic carbocycles. The van der Waals surface area contributed by atoms with Crippen molar-refractivity contribution in [3.63, 3.8) is 0 Å². The fourth-order valence-electron chi connectivity index (χ4n) is 2.21. The number of benzene rings is 2. The first kappa shape index (κ1) is 20.1. The molecule has 25 heavy (non-hydrogen) atoms. The molecule has 0 amide bonds. The van der Waals surface area contributed by atoms with Crippen LogP contribution < -0.4 is 11.2 Å². The lowest BCUT2D eigenvalue weighted by Crippen LogP contribution is -2.50. The molecule has 0 saturated heterocycles. The third-order valence-electron chi connectivity index (χ3n) is 4.79. The van der Waals surface area contributed by atoms with Gasteiger partial charge in [-0.2, -0.15) is 0 Å². The number of anilines is 1.